The monoisotopic (exact) mass is 276 g/mol. The van der Waals surface area contributed by atoms with Crippen LogP contribution >= 0.6 is 0 Å². The van der Waals surface area contributed by atoms with E-state index in [9.17, 15) is 0 Å². The van der Waals surface area contributed by atoms with Crippen LogP contribution in [-0.4, -0.2) is 39.9 Å². The van der Waals surface area contributed by atoms with Crippen molar-refractivity contribution in [1.82, 2.24) is 5.32 Å². The van der Waals surface area contributed by atoms with Crippen LogP contribution in [0.2, 0.25) is 0 Å². The summed E-state index contributed by atoms with van der Waals surface area (Å²) in [5.41, 5.74) is 1.20. The molecule has 4 nitrogen and oxygen atoms in total. The molecule has 1 aromatic rings. The second kappa shape index (κ2) is 5.92. The van der Waals surface area contributed by atoms with Gasteiger partial charge in [-0.25, -0.2) is 0 Å². The van der Waals surface area contributed by atoms with E-state index in [1.54, 1.807) is 14.2 Å². The van der Waals surface area contributed by atoms with Crippen LogP contribution < -0.4 is 19.7 Å². The van der Waals surface area contributed by atoms with E-state index in [2.05, 4.69) is 22.3 Å². The summed E-state index contributed by atoms with van der Waals surface area (Å²) < 4.78 is 10.8. The van der Waals surface area contributed by atoms with Crippen LogP contribution in [0.25, 0.3) is 0 Å². The van der Waals surface area contributed by atoms with Crippen LogP contribution in [0.15, 0.2) is 18.2 Å². The first-order chi connectivity index (χ1) is 9.80. The van der Waals surface area contributed by atoms with Crippen molar-refractivity contribution in [3.63, 3.8) is 0 Å². The molecule has 2 fully saturated rings. The van der Waals surface area contributed by atoms with Crippen LogP contribution in [0.5, 0.6) is 11.5 Å². The molecule has 0 aromatic heterocycles. The average Bonchev–Trinajstić information content (AvgIpc) is 3.31. The topological polar surface area (TPSA) is 33.7 Å². The van der Waals surface area contributed by atoms with Gasteiger partial charge >= 0.3 is 0 Å². The van der Waals surface area contributed by atoms with Crippen molar-refractivity contribution in [1.29, 1.82) is 0 Å². The number of ether oxygens (including phenoxy) is 2. The molecule has 0 bridgehead atoms. The third-order valence-electron chi connectivity index (χ3n) is 4.32. The number of hydrogen-bond acceptors (Lipinski definition) is 4. The molecule has 1 aliphatic carbocycles. The van der Waals surface area contributed by atoms with Gasteiger partial charge in [-0.1, -0.05) is 0 Å². The molecule has 2 aliphatic rings. The number of rotatable bonds is 4. The number of hydrogen-bond donors (Lipinski definition) is 1. The van der Waals surface area contributed by atoms with Gasteiger partial charge in [0.1, 0.15) is 11.5 Å². The summed E-state index contributed by atoms with van der Waals surface area (Å²) in [6.07, 6.45) is 3.95. The highest BCUT2D eigenvalue weighted by Crippen LogP contribution is 2.35. The molecule has 0 radical (unpaired) electrons. The molecule has 20 heavy (non-hydrogen) atoms. The Bertz CT molecular complexity index is 438. The predicted octanol–water partition coefficient (Wildman–Crippen LogP) is 2.28. The first-order valence-corrected chi connectivity index (χ1v) is 7.51. The van der Waals surface area contributed by atoms with E-state index in [1.165, 1.54) is 24.9 Å². The molecule has 0 spiro atoms. The maximum Gasteiger partial charge on any atom is 0.124 e. The Labute approximate surface area is 121 Å². The van der Waals surface area contributed by atoms with Crippen molar-refractivity contribution >= 4 is 5.69 Å². The molecule has 1 aliphatic heterocycles. The minimum atomic E-state index is 0.634. The Morgan fingerprint density at radius 2 is 1.80 bits per heavy atom. The van der Waals surface area contributed by atoms with Crippen LogP contribution in [0, 0.1) is 5.92 Å². The summed E-state index contributed by atoms with van der Waals surface area (Å²) in [7, 11) is 3.41. The lowest BCUT2D eigenvalue weighted by atomic mass is 10.1. The summed E-state index contributed by atoms with van der Waals surface area (Å²) >= 11 is 0. The fraction of sp³-hybridized carbons (Fsp3) is 0.625. The maximum absolute atomic E-state index is 5.38. The fourth-order valence-corrected chi connectivity index (χ4v) is 2.97. The quantitative estimate of drug-likeness (QED) is 0.915. The van der Waals surface area contributed by atoms with Crippen LogP contribution in [0.4, 0.5) is 5.69 Å². The third kappa shape index (κ3) is 3.01. The molecule has 1 aromatic carbocycles. The second-order valence-electron chi connectivity index (χ2n) is 5.77. The van der Waals surface area contributed by atoms with Gasteiger partial charge < -0.3 is 19.7 Å². The molecular weight excluding hydrogens is 252 g/mol. The van der Waals surface area contributed by atoms with Crippen LogP contribution in [0.3, 0.4) is 0 Å². The molecule has 3 rings (SSSR count). The minimum absolute atomic E-state index is 0.634. The summed E-state index contributed by atoms with van der Waals surface area (Å²) in [4.78, 5) is 2.47. The van der Waals surface area contributed by atoms with Crippen molar-refractivity contribution in [3.05, 3.63) is 18.2 Å². The zero-order valence-electron chi connectivity index (χ0n) is 12.4. The zero-order chi connectivity index (χ0) is 13.9. The van der Waals surface area contributed by atoms with Gasteiger partial charge in [0.25, 0.3) is 0 Å². The van der Waals surface area contributed by atoms with Crippen molar-refractivity contribution in [2.75, 3.05) is 38.8 Å². The average molecular weight is 276 g/mol. The van der Waals surface area contributed by atoms with E-state index in [0.29, 0.717) is 6.04 Å². The Kier molecular flexibility index (Phi) is 4.01. The van der Waals surface area contributed by atoms with Gasteiger partial charge in [0.2, 0.25) is 0 Å². The molecule has 1 saturated heterocycles. The summed E-state index contributed by atoms with van der Waals surface area (Å²) in [5, 5.41) is 3.70. The van der Waals surface area contributed by atoms with Crippen LogP contribution in [-0.2, 0) is 0 Å². The molecule has 1 atom stereocenters. The van der Waals surface area contributed by atoms with Gasteiger partial charge in [-0.15, -0.1) is 0 Å². The summed E-state index contributed by atoms with van der Waals surface area (Å²) in [5.74, 6) is 2.60. The van der Waals surface area contributed by atoms with Gasteiger partial charge in [0.05, 0.1) is 14.2 Å². The lowest BCUT2D eigenvalue weighted by molar-refractivity contribution is 0.394. The van der Waals surface area contributed by atoms with Gasteiger partial charge in [-0.2, -0.15) is 0 Å². The summed E-state index contributed by atoms with van der Waals surface area (Å²) in [6, 6.07) is 6.78. The molecular formula is C16H24N2O2. The standard InChI is InChI=1S/C16H24N2O2/c1-19-14-8-13(9-15(10-14)20-2)18-7-3-6-17-16(11-18)12-4-5-12/h8-10,12,16-17H,3-7,11H2,1-2H3. The highest BCUT2D eigenvalue weighted by molar-refractivity contribution is 5.56. The van der Waals surface area contributed by atoms with Gasteiger partial charge in [0.15, 0.2) is 0 Å². The number of methoxy groups -OCH3 is 2. The smallest absolute Gasteiger partial charge is 0.124 e. The van der Waals surface area contributed by atoms with Crippen molar-refractivity contribution in [2.24, 2.45) is 5.92 Å². The minimum Gasteiger partial charge on any atom is -0.497 e. The zero-order valence-corrected chi connectivity index (χ0v) is 12.4. The molecule has 1 heterocycles. The molecule has 0 amide bonds. The number of anilines is 1. The first kappa shape index (κ1) is 13.6. The maximum atomic E-state index is 5.38. The highest BCUT2D eigenvalue weighted by atomic mass is 16.5. The van der Waals surface area contributed by atoms with Gasteiger partial charge in [-0.3, -0.25) is 0 Å². The van der Waals surface area contributed by atoms with E-state index >= 15 is 0 Å². The van der Waals surface area contributed by atoms with Crippen molar-refractivity contribution in [3.8, 4) is 11.5 Å². The molecule has 4 heteroatoms. The number of nitrogens with zero attached hydrogens (tertiary/aromatic N) is 1. The molecule has 110 valence electrons. The van der Waals surface area contributed by atoms with E-state index < -0.39 is 0 Å². The normalized spacial score (nSPS) is 23.3. The lowest BCUT2D eigenvalue weighted by Crippen LogP contribution is -2.39. The van der Waals surface area contributed by atoms with E-state index in [-0.39, 0.29) is 0 Å². The number of benzene rings is 1. The highest BCUT2D eigenvalue weighted by Gasteiger charge is 2.33. The Morgan fingerprint density at radius 3 is 2.40 bits per heavy atom. The SMILES string of the molecule is COc1cc(OC)cc(N2CCCNC(C3CC3)C2)c1. The lowest BCUT2D eigenvalue weighted by Gasteiger charge is -2.27. The molecule has 1 N–H and O–H groups in total. The third-order valence-corrected chi connectivity index (χ3v) is 4.32. The van der Waals surface area contributed by atoms with Gasteiger partial charge in [0, 0.05) is 43.0 Å². The Balaban J connectivity index is 1.81. The fourth-order valence-electron chi connectivity index (χ4n) is 2.97. The second-order valence-corrected chi connectivity index (χ2v) is 5.77. The van der Waals surface area contributed by atoms with Gasteiger partial charge in [-0.05, 0) is 31.7 Å². The predicted molar refractivity (Wildman–Crippen MR) is 80.9 cm³/mol. The summed E-state index contributed by atoms with van der Waals surface area (Å²) in [6.45, 7) is 3.30. The molecule has 1 saturated carbocycles. The van der Waals surface area contributed by atoms with E-state index in [1.807, 2.05) is 6.07 Å². The molecule has 1 unspecified atom stereocenters. The van der Waals surface area contributed by atoms with Crippen molar-refractivity contribution < 1.29 is 9.47 Å². The number of nitrogens with one attached hydrogen (secondary N) is 1. The Hall–Kier alpha value is -1.42. The first-order valence-electron chi connectivity index (χ1n) is 7.51. The largest absolute Gasteiger partial charge is 0.497 e. The van der Waals surface area contributed by atoms with E-state index in [4.69, 9.17) is 9.47 Å². The van der Waals surface area contributed by atoms with E-state index in [0.717, 1.165) is 37.1 Å². The van der Waals surface area contributed by atoms with Crippen LogP contribution in [0.1, 0.15) is 19.3 Å². The van der Waals surface area contributed by atoms with Crippen molar-refractivity contribution in [2.45, 2.75) is 25.3 Å². The Morgan fingerprint density at radius 1 is 1.10 bits per heavy atom.